The summed E-state index contributed by atoms with van der Waals surface area (Å²) in [5.74, 6) is 0.415. The quantitative estimate of drug-likeness (QED) is 0.882. The summed E-state index contributed by atoms with van der Waals surface area (Å²) in [7, 11) is 1.55. The molecule has 0 radical (unpaired) electrons. The zero-order valence-electron chi connectivity index (χ0n) is 11.3. The van der Waals surface area contributed by atoms with Gasteiger partial charge in [0.2, 0.25) is 0 Å². The molecule has 2 N–H and O–H groups in total. The normalized spacial score (nSPS) is 10.3. The first-order valence-corrected chi connectivity index (χ1v) is 6.05. The van der Waals surface area contributed by atoms with Crippen molar-refractivity contribution in [2.75, 3.05) is 7.11 Å². The van der Waals surface area contributed by atoms with E-state index in [1.807, 2.05) is 26.0 Å². The van der Waals surface area contributed by atoms with E-state index >= 15 is 0 Å². The number of hydrogen-bond donors (Lipinski definition) is 2. The molecule has 0 saturated heterocycles. The molecule has 1 aromatic carbocycles. The van der Waals surface area contributed by atoms with Crippen molar-refractivity contribution in [1.82, 2.24) is 15.5 Å². The maximum absolute atomic E-state index is 12.1. The first-order valence-electron chi connectivity index (χ1n) is 6.05. The minimum absolute atomic E-state index is 0.155. The molecule has 0 aliphatic carbocycles. The first-order chi connectivity index (χ1) is 9.13. The van der Waals surface area contributed by atoms with Crippen molar-refractivity contribution in [2.45, 2.75) is 20.4 Å². The largest absolute Gasteiger partial charge is 0.496 e. The van der Waals surface area contributed by atoms with Crippen LogP contribution in [0.4, 0.5) is 0 Å². The van der Waals surface area contributed by atoms with Crippen LogP contribution < -0.4 is 10.1 Å². The average Bonchev–Trinajstić information content (AvgIpc) is 2.75. The van der Waals surface area contributed by atoms with Crippen LogP contribution in [0.15, 0.2) is 24.3 Å². The van der Waals surface area contributed by atoms with Gasteiger partial charge in [0, 0.05) is 17.8 Å². The van der Waals surface area contributed by atoms with E-state index in [1.54, 1.807) is 19.2 Å². The summed E-state index contributed by atoms with van der Waals surface area (Å²) in [5.41, 5.74) is 3.42. The van der Waals surface area contributed by atoms with Gasteiger partial charge in [-0.2, -0.15) is 5.10 Å². The molecule has 1 amide bonds. The highest BCUT2D eigenvalue weighted by Gasteiger charge is 2.13. The number of H-pyrrole nitrogens is 1. The maximum Gasteiger partial charge on any atom is 0.255 e. The van der Waals surface area contributed by atoms with Crippen LogP contribution in [0.5, 0.6) is 5.75 Å². The Morgan fingerprint density at radius 2 is 2.11 bits per heavy atom. The van der Waals surface area contributed by atoms with Crippen LogP contribution in [0.3, 0.4) is 0 Å². The molecule has 0 fully saturated rings. The Balaban J connectivity index is 2.10. The number of aromatic amines is 1. The van der Waals surface area contributed by atoms with Crippen LogP contribution in [0.1, 0.15) is 27.3 Å². The third kappa shape index (κ3) is 2.76. The number of methoxy groups -OCH3 is 1. The second kappa shape index (κ2) is 5.56. The van der Waals surface area contributed by atoms with Gasteiger partial charge < -0.3 is 10.1 Å². The van der Waals surface area contributed by atoms with Gasteiger partial charge in [-0.25, -0.2) is 0 Å². The number of hydrogen-bond acceptors (Lipinski definition) is 3. The molecule has 0 saturated carbocycles. The van der Waals surface area contributed by atoms with Gasteiger partial charge >= 0.3 is 0 Å². The van der Waals surface area contributed by atoms with Crippen LogP contribution >= 0.6 is 0 Å². The van der Waals surface area contributed by atoms with Crippen molar-refractivity contribution in [3.8, 4) is 5.75 Å². The van der Waals surface area contributed by atoms with Gasteiger partial charge in [0.05, 0.1) is 18.4 Å². The number of carbonyl (C=O) groups excluding carboxylic acids is 1. The Kier molecular flexibility index (Phi) is 3.85. The Morgan fingerprint density at radius 1 is 1.37 bits per heavy atom. The summed E-state index contributed by atoms with van der Waals surface area (Å²) < 4.78 is 5.17. The fraction of sp³-hybridized carbons (Fsp3) is 0.286. The van der Waals surface area contributed by atoms with Crippen LogP contribution in [-0.4, -0.2) is 23.2 Å². The zero-order valence-corrected chi connectivity index (χ0v) is 11.3. The highest BCUT2D eigenvalue weighted by atomic mass is 16.5. The van der Waals surface area contributed by atoms with E-state index in [1.165, 1.54) is 0 Å². The Morgan fingerprint density at radius 3 is 2.74 bits per heavy atom. The Hall–Kier alpha value is -2.30. The number of nitrogens with one attached hydrogen (secondary N) is 2. The van der Waals surface area contributed by atoms with Gasteiger partial charge in [0.15, 0.2) is 0 Å². The second-order valence-electron chi connectivity index (χ2n) is 4.30. The SMILES string of the molecule is COc1ccccc1C(=O)NCc1c(C)n[nH]c1C. The molecule has 0 aliphatic heterocycles. The lowest BCUT2D eigenvalue weighted by Crippen LogP contribution is -2.23. The van der Waals surface area contributed by atoms with E-state index < -0.39 is 0 Å². The van der Waals surface area contributed by atoms with Crippen molar-refractivity contribution in [3.05, 3.63) is 46.8 Å². The van der Waals surface area contributed by atoms with Gasteiger partial charge in [-0.1, -0.05) is 12.1 Å². The van der Waals surface area contributed by atoms with Crippen LogP contribution in [0.25, 0.3) is 0 Å². The molecule has 2 rings (SSSR count). The standard InChI is InChI=1S/C14H17N3O2/c1-9-12(10(2)17-16-9)8-15-14(18)11-6-4-5-7-13(11)19-3/h4-7H,8H2,1-3H3,(H,15,18)(H,16,17). The highest BCUT2D eigenvalue weighted by Crippen LogP contribution is 2.17. The third-order valence-corrected chi connectivity index (χ3v) is 3.06. The minimum atomic E-state index is -0.155. The molecule has 0 unspecified atom stereocenters. The van der Waals surface area contributed by atoms with E-state index in [4.69, 9.17) is 4.74 Å². The average molecular weight is 259 g/mol. The Labute approximate surface area is 112 Å². The van der Waals surface area contributed by atoms with Crippen LogP contribution in [0, 0.1) is 13.8 Å². The molecule has 0 aliphatic rings. The summed E-state index contributed by atoms with van der Waals surface area (Å²) in [5, 5.41) is 9.88. The fourth-order valence-corrected chi connectivity index (χ4v) is 1.93. The lowest BCUT2D eigenvalue weighted by atomic mass is 10.1. The van der Waals surface area contributed by atoms with Crippen molar-refractivity contribution >= 4 is 5.91 Å². The predicted octanol–water partition coefficient (Wildman–Crippen LogP) is 1.97. The van der Waals surface area contributed by atoms with Crippen LogP contribution in [-0.2, 0) is 6.54 Å². The summed E-state index contributed by atoms with van der Waals surface area (Å²) in [6, 6.07) is 7.15. The number of aryl methyl sites for hydroxylation is 2. The van der Waals surface area contributed by atoms with E-state index in [2.05, 4.69) is 15.5 Å². The van der Waals surface area contributed by atoms with Crippen molar-refractivity contribution in [2.24, 2.45) is 0 Å². The second-order valence-corrected chi connectivity index (χ2v) is 4.30. The minimum Gasteiger partial charge on any atom is -0.496 e. The predicted molar refractivity (Wildman–Crippen MR) is 72.2 cm³/mol. The summed E-state index contributed by atoms with van der Waals surface area (Å²) in [4.78, 5) is 12.1. The van der Waals surface area contributed by atoms with Gasteiger partial charge in [0.25, 0.3) is 5.91 Å². The number of rotatable bonds is 4. The molecule has 1 heterocycles. The number of benzene rings is 1. The lowest BCUT2D eigenvalue weighted by Gasteiger charge is -2.09. The maximum atomic E-state index is 12.1. The highest BCUT2D eigenvalue weighted by molar-refractivity contribution is 5.96. The van der Waals surface area contributed by atoms with Crippen molar-refractivity contribution in [1.29, 1.82) is 0 Å². The summed E-state index contributed by atoms with van der Waals surface area (Å²) in [6.07, 6.45) is 0. The molecule has 2 aromatic rings. The summed E-state index contributed by atoms with van der Waals surface area (Å²) in [6.45, 7) is 4.30. The number of aromatic nitrogens is 2. The van der Waals surface area contributed by atoms with Gasteiger partial charge in [0.1, 0.15) is 5.75 Å². The van der Waals surface area contributed by atoms with Gasteiger partial charge in [-0.05, 0) is 26.0 Å². The monoisotopic (exact) mass is 259 g/mol. The number of carbonyl (C=O) groups is 1. The number of ether oxygens (including phenoxy) is 1. The van der Waals surface area contributed by atoms with Gasteiger partial charge in [-0.3, -0.25) is 9.89 Å². The topological polar surface area (TPSA) is 67.0 Å². The molecule has 19 heavy (non-hydrogen) atoms. The van der Waals surface area contributed by atoms with Gasteiger partial charge in [-0.15, -0.1) is 0 Å². The molecule has 1 aromatic heterocycles. The zero-order chi connectivity index (χ0) is 13.8. The number of para-hydroxylation sites is 1. The van der Waals surface area contributed by atoms with E-state index in [0.717, 1.165) is 17.0 Å². The Bertz CT molecular complexity index is 571. The molecule has 0 spiro atoms. The summed E-state index contributed by atoms with van der Waals surface area (Å²) >= 11 is 0. The first kappa shape index (κ1) is 13.1. The third-order valence-electron chi connectivity index (χ3n) is 3.06. The van der Waals surface area contributed by atoms with Crippen LogP contribution in [0.2, 0.25) is 0 Å². The van der Waals surface area contributed by atoms with Crippen molar-refractivity contribution < 1.29 is 9.53 Å². The fourth-order valence-electron chi connectivity index (χ4n) is 1.93. The lowest BCUT2D eigenvalue weighted by molar-refractivity contribution is 0.0948. The molecule has 5 nitrogen and oxygen atoms in total. The molecule has 0 atom stereocenters. The molecular formula is C14H17N3O2. The molecule has 0 bridgehead atoms. The van der Waals surface area contributed by atoms with Crippen molar-refractivity contribution in [3.63, 3.8) is 0 Å². The number of amides is 1. The molecule has 100 valence electrons. The van der Waals surface area contributed by atoms with E-state index in [0.29, 0.717) is 17.9 Å². The molecular weight excluding hydrogens is 242 g/mol. The van der Waals surface area contributed by atoms with E-state index in [9.17, 15) is 4.79 Å². The molecule has 5 heteroatoms. The van der Waals surface area contributed by atoms with E-state index in [-0.39, 0.29) is 5.91 Å². The smallest absolute Gasteiger partial charge is 0.255 e. The number of nitrogens with zero attached hydrogens (tertiary/aromatic N) is 1.